The fourth-order valence-electron chi connectivity index (χ4n) is 2.46. The molecule has 0 spiro atoms. The fourth-order valence-corrected chi connectivity index (χ4v) is 2.46. The first-order valence-electron chi connectivity index (χ1n) is 8.31. The first-order chi connectivity index (χ1) is 12.4. The number of rotatable bonds is 5. The molecule has 0 radical (unpaired) electrons. The molecule has 3 aromatic rings. The average Bonchev–Trinajstić information content (AvgIpc) is 2.62. The highest BCUT2D eigenvalue weighted by Crippen LogP contribution is 2.14. The van der Waals surface area contributed by atoms with Crippen molar-refractivity contribution in [1.82, 2.24) is 9.38 Å². The number of benzene rings is 1. The van der Waals surface area contributed by atoms with Gasteiger partial charge in [-0.05, 0) is 44.5 Å². The third-order valence-electron chi connectivity index (χ3n) is 3.89. The predicted octanol–water partition coefficient (Wildman–Crippen LogP) is 2.82. The van der Waals surface area contributed by atoms with Crippen molar-refractivity contribution in [2.75, 3.05) is 0 Å². The molecule has 1 atom stereocenters. The lowest BCUT2D eigenvalue weighted by molar-refractivity contribution is -0.152. The third-order valence-corrected chi connectivity index (χ3v) is 3.89. The second kappa shape index (κ2) is 7.39. The summed E-state index contributed by atoms with van der Waals surface area (Å²) in [5, 5.41) is 0. The van der Waals surface area contributed by atoms with Crippen molar-refractivity contribution < 1.29 is 14.3 Å². The van der Waals surface area contributed by atoms with Gasteiger partial charge >= 0.3 is 5.97 Å². The van der Waals surface area contributed by atoms with Gasteiger partial charge in [-0.25, -0.2) is 9.78 Å². The van der Waals surface area contributed by atoms with E-state index in [9.17, 15) is 9.59 Å². The molecular formula is C20H20N2O4. The zero-order chi connectivity index (χ0) is 18.7. The van der Waals surface area contributed by atoms with Gasteiger partial charge in [0.2, 0.25) is 0 Å². The Labute approximate surface area is 151 Å². The van der Waals surface area contributed by atoms with Crippen LogP contribution in [0.4, 0.5) is 0 Å². The van der Waals surface area contributed by atoms with Crippen molar-refractivity contribution >= 4 is 11.6 Å². The quantitative estimate of drug-likeness (QED) is 0.661. The van der Waals surface area contributed by atoms with Gasteiger partial charge in [0.1, 0.15) is 18.0 Å². The lowest BCUT2D eigenvalue weighted by Crippen LogP contribution is -2.26. The van der Waals surface area contributed by atoms with Gasteiger partial charge in [0.15, 0.2) is 6.10 Å². The largest absolute Gasteiger partial charge is 0.479 e. The molecule has 2 heterocycles. The molecule has 0 aliphatic carbocycles. The van der Waals surface area contributed by atoms with Gasteiger partial charge in [0, 0.05) is 12.3 Å². The molecule has 0 N–H and O–H groups in total. The maximum Gasteiger partial charge on any atom is 0.347 e. The molecule has 0 bridgehead atoms. The number of esters is 1. The van der Waals surface area contributed by atoms with E-state index in [-0.39, 0.29) is 12.2 Å². The molecule has 0 fully saturated rings. The normalized spacial score (nSPS) is 12.0. The minimum Gasteiger partial charge on any atom is -0.479 e. The number of aryl methyl sites for hydroxylation is 2. The molecule has 6 nitrogen and oxygen atoms in total. The molecule has 0 aliphatic rings. The monoisotopic (exact) mass is 352 g/mol. The molecule has 0 amide bonds. The highest BCUT2D eigenvalue weighted by Gasteiger charge is 2.17. The van der Waals surface area contributed by atoms with Crippen molar-refractivity contribution in [2.24, 2.45) is 0 Å². The van der Waals surface area contributed by atoms with E-state index in [0.717, 1.165) is 11.1 Å². The number of aromatic nitrogens is 2. The summed E-state index contributed by atoms with van der Waals surface area (Å²) in [5.74, 6) is 0.0778. The molecule has 134 valence electrons. The molecule has 2 aromatic heterocycles. The van der Waals surface area contributed by atoms with E-state index in [0.29, 0.717) is 17.1 Å². The van der Waals surface area contributed by atoms with Crippen LogP contribution in [-0.4, -0.2) is 21.5 Å². The second-order valence-electron chi connectivity index (χ2n) is 6.20. The summed E-state index contributed by atoms with van der Waals surface area (Å²) in [5.41, 5.74) is 2.76. The van der Waals surface area contributed by atoms with Crippen molar-refractivity contribution in [1.29, 1.82) is 0 Å². The van der Waals surface area contributed by atoms with Gasteiger partial charge in [-0.15, -0.1) is 0 Å². The van der Waals surface area contributed by atoms with Crippen LogP contribution >= 0.6 is 0 Å². The van der Waals surface area contributed by atoms with Crippen LogP contribution in [0.15, 0.2) is 53.5 Å². The van der Waals surface area contributed by atoms with Gasteiger partial charge in [0.05, 0.1) is 5.69 Å². The van der Waals surface area contributed by atoms with E-state index in [1.54, 1.807) is 31.3 Å². The highest BCUT2D eigenvalue weighted by atomic mass is 16.6. The van der Waals surface area contributed by atoms with Crippen LogP contribution in [-0.2, 0) is 16.1 Å². The van der Waals surface area contributed by atoms with Gasteiger partial charge in [-0.2, -0.15) is 0 Å². The number of carbonyl (C=O) groups is 1. The van der Waals surface area contributed by atoms with E-state index >= 15 is 0 Å². The molecule has 1 aromatic carbocycles. The van der Waals surface area contributed by atoms with Gasteiger partial charge in [-0.3, -0.25) is 9.20 Å². The van der Waals surface area contributed by atoms with E-state index in [1.807, 2.05) is 32.0 Å². The third kappa shape index (κ3) is 4.08. The number of hydrogen-bond donors (Lipinski definition) is 0. The van der Waals surface area contributed by atoms with E-state index < -0.39 is 12.1 Å². The van der Waals surface area contributed by atoms with Crippen molar-refractivity contribution in [3.8, 4) is 5.75 Å². The molecule has 0 aliphatic heterocycles. The molecule has 3 rings (SSSR count). The Balaban J connectivity index is 1.65. The predicted molar refractivity (Wildman–Crippen MR) is 97.3 cm³/mol. The second-order valence-corrected chi connectivity index (χ2v) is 6.20. The summed E-state index contributed by atoms with van der Waals surface area (Å²) >= 11 is 0. The lowest BCUT2D eigenvalue weighted by Gasteiger charge is -2.14. The summed E-state index contributed by atoms with van der Waals surface area (Å²) in [7, 11) is 0. The van der Waals surface area contributed by atoms with Crippen LogP contribution in [0.25, 0.3) is 5.65 Å². The minimum absolute atomic E-state index is 0.0833. The first-order valence-corrected chi connectivity index (χ1v) is 8.31. The van der Waals surface area contributed by atoms with Crippen LogP contribution < -0.4 is 10.3 Å². The average molecular weight is 352 g/mol. The fraction of sp³-hybridized carbons (Fsp3) is 0.250. The van der Waals surface area contributed by atoms with Gasteiger partial charge in [-0.1, -0.05) is 23.8 Å². The molecule has 6 heteroatoms. The Morgan fingerprint density at radius 1 is 1.12 bits per heavy atom. The summed E-state index contributed by atoms with van der Waals surface area (Å²) in [6, 6.07) is 12.4. The Morgan fingerprint density at radius 3 is 2.54 bits per heavy atom. The highest BCUT2D eigenvalue weighted by molar-refractivity contribution is 5.74. The maximum absolute atomic E-state index is 12.2. The Kier molecular flexibility index (Phi) is 5.02. The number of hydrogen-bond acceptors (Lipinski definition) is 5. The van der Waals surface area contributed by atoms with Crippen LogP contribution in [0.5, 0.6) is 5.75 Å². The minimum atomic E-state index is -0.762. The van der Waals surface area contributed by atoms with Gasteiger partial charge < -0.3 is 9.47 Å². The smallest absolute Gasteiger partial charge is 0.347 e. The molecule has 1 unspecified atom stereocenters. The molecule has 0 saturated carbocycles. The Morgan fingerprint density at radius 2 is 1.81 bits per heavy atom. The van der Waals surface area contributed by atoms with E-state index in [4.69, 9.17) is 9.47 Å². The number of carbonyl (C=O) groups excluding carboxylic acids is 1. The van der Waals surface area contributed by atoms with Crippen LogP contribution in [0.2, 0.25) is 0 Å². The first kappa shape index (κ1) is 17.7. The number of nitrogens with zero attached hydrogens (tertiary/aromatic N) is 2. The van der Waals surface area contributed by atoms with Gasteiger partial charge in [0.25, 0.3) is 5.56 Å². The molecular weight excluding hydrogens is 332 g/mol. The van der Waals surface area contributed by atoms with E-state index in [1.165, 1.54) is 10.5 Å². The molecule has 0 saturated heterocycles. The Hall–Kier alpha value is -3.15. The Bertz CT molecular complexity index is 993. The summed E-state index contributed by atoms with van der Waals surface area (Å²) < 4.78 is 12.3. The summed E-state index contributed by atoms with van der Waals surface area (Å²) in [6.07, 6.45) is 0.958. The van der Waals surface area contributed by atoms with E-state index in [2.05, 4.69) is 4.98 Å². The number of fused-ring (bicyclic) bond motifs is 1. The SMILES string of the molecule is Cc1ccc(OC(C)C(=O)OCc2cc(=O)n3cc(C)ccc3n2)cc1. The van der Waals surface area contributed by atoms with Crippen molar-refractivity contribution in [2.45, 2.75) is 33.5 Å². The standard InChI is InChI=1S/C20H20N2O4/c1-13-4-7-17(8-5-13)26-15(3)20(24)25-12-16-10-19(23)22-11-14(2)6-9-18(22)21-16/h4-11,15H,12H2,1-3H3. The zero-order valence-electron chi connectivity index (χ0n) is 14.9. The van der Waals surface area contributed by atoms with Crippen LogP contribution in [0, 0.1) is 13.8 Å². The lowest BCUT2D eigenvalue weighted by atomic mass is 10.2. The summed E-state index contributed by atoms with van der Waals surface area (Å²) in [4.78, 5) is 28.6. The summed E-state index contributed by atoms with van der Waals surface area (Å²) in [6.45, 7) is 5.41. The van der Waals surface area contributed by atoms with Crippen LogP contribution in [0.3, 0.4) is 0 Å². The maximum atomic E-state index is 12.2. The number of pyridine rings is 1. The van der Waals surface area contributed by atoms with Crippen LogP contribution in [0.1, 0.15) is 23.7 Å². The van der Waals surface area contributed by atoms with Crippen molar-refractivity contribution in [3.63, 3.8) is 0 Å². The zero-order valence-corrected chi connectivity index (χ0v) is 14.9. The number of ether oxygens (including phenoxy) is 2. The topological polar surface area (TPSA) is 69.9 Å². The van der Waals surface area contributed by atoms with Crippen molar-refractivity contribution in [3.05, 3.63) is 75.8 Å². The molecule has 26 heavy (non-hydrogen) atoms.